The molecule has 0 aromatic carbocycles. The van der Waals surface area contributed by atoms with Crippen molar-refractivity contribution in [2.75, 3.05) is 12.3 Å². The molecule has 2 atom stereocenters. The van der Waals surface area contributed by atoms with Crippen molar-refractivity contribution in [1.82, 2.24) is 24.9 Å². The number of aromatic nitrogens is 4. The second-order valence-corrected chi connectivity index (χ2v) is 7.54. The number of rotatable bonds is 6. The van der Waals surface area contributed by atoms with Crippen molar-refractivity contribution in [2.45, 2.75) is 65.3 Å². The lowest BCUT2D eigenvalue weighted by atomic mass is 9.86. The largest absolute Gasteiger partial charge is 0.456 e. The molecule has 2 heterocycles. The van der Waals surface area contributed by atoms with Crippen molar-refractivity contribution < 1.29 is 14.3 Å². The van der Waals surface area contributed by atoms with Gasteiger partial charge >= 0.3 is 5.97 Å². The average Bonchev–Trinajstić information content (AvgIpc) is 3.02. The molecule has 2 aromatic rings. The summed E-state index contributed by atoms with van der Waals surface area (Å²) in [7, 11) is 0. The Hall–Kier alpha value is -2.71. The molecule has 1 saturated carbocycles. The highest BCUT2D eigenvalue weighted by Gasteiger charge is 2.23. The molecule has 28 heavy (non-hydrogen) atoms. The molecule has 152 valence electrons. The first-order valence-corrected chi connectivity index (χ1v) is 9.78. The Bertz CT molecular complexity index is 878. The van der Waals surface area contributed by atoms with E-state index in [2.05, 4.69) is 27.3 Å². The molecule has 3 rings (SSSR count). The molecule has 0 unspecified atom stereocenters. The van der Waals surface area contributed by atoms with Gasteiger partial charge in [0.25, 0.3) is 11.7 Å². The Morgan fingerprint density at radius 2 is 2.00 bits per heavy atom. The molecule has 0 radical (unpaired) electrons. The van der Waals surface area contributed by atoms with Crippen LogP contribution >= 0.6 is 0 Å². The van der Waals surface area contributed by atoms with Crippen molar-refractivity contribution in [3.63, 3.8) is 0 Å². The van der Waals surface area contributed by atoms with Gasteiger partial charge in [-0.05, 0) is 44.6 Å². The van der Waals surface area contributed by atoms with E-state index < -0.39 is 5.97 Å². The third kappa shape index (κ3) is 4.58. The van der Waals surface area contributed by atoms with E-state index in [0.717, 1.165) is 36.2 Å². The lowest BCUT2D eigenvalue weighted by Gasteiger charge is -2.29. The maximum atomic E-state index is 12.1. The number of fused-ring (bicyclic) bond motifs is 1. The molecule has 1 aliphatic carbocycles. The predicted molar refractivity (Wildman–Crippen MR) is 104 cm³/mol. The maximum Gasteiger partial charge on any atom is 0.306 e. The molecule has 0 aliphatic heterocycles. The number of nitrogens with two attached hydrogens (primary N) is 1. The van der Waals surface area contributed by atoms with Crippen molar-refractivity contribution in [3.05, 3.63) is 17.0 Å². The Morgan fingerprint density at radius 1 is 1.25 bits per heavy atom. The van der Waals surface area contributed by atoms with Crippen LogP contribution in [0.4, 0.5) is 5.95 Å². The molecular weight excluding hydrogens is 360 g/mol. The second kappa shape index (κ2) is 8.53. The Labute approximate surface area is 164 Å². The number of nitrogens with one attached hydrogen (secondary N) is 1. The predicted octanol–water partition coefficient (Wildman–Crippen LogP) is 1.49. The van der Waals surface area contributed by atoms with E-state index in [-0.39, 0.29) is 30.9 Å². The molecule has 2 aromatic heterocycles. The number of nitrogen functional groups attached to an aromatic ring is 1. The summed E-state index contributed by atoms with van der Waals surface area (Å²) < 4.78 is 6.72. The quantitative estimate of drug-likeness (QED) is 0.718. The molecular formula is C19H28N6O3. The molecule has 0 bridgehead atoms. The SMILES string of the molecule is Cc1nc2nc(N)nn2c(C)c1CCC(=O)OCC(=O)N[C@H]1CCCC[C@@H]1C. The summed E-state index contributed by atoms with van der Waals surface area (Å²) in [5.74, 6) is 0.411. The van der Waals surface area contributed by atoms with Gasteiger partial charge in [-0.1, -0.05) is 19.8 Å². The number of aryl methyl sites for hydroxylation is 2. The van der Waals surface area contributed by atoms with Crippen LogP contribution in [0.2, 0.25) is 0 Å². The molecule has 3 N–H and O–H groups in total. The molecule has 9 nitrogen and oxygen atoms in total. The second-order valence-electron chi connectivity index (χ2n) is 7.54. The minimum atomic E-state index is -0.413. The van der Waals surface area contributed by atoms with Gasteiger partial charge < -0.3 is 15.8 Å². The topological polar surface area (TPSA) is 124 Å². The van der Waals surface area contributed by atoms with Gasteiger partial charge in [-0.25, -0.2) is 4.98 Å². The van der Waals surface area contributed by atoms with Crippen LogP contribution in [0.25, 0.3) is 5.78 Å². The van der Waals surface area contributed by atoms with Gasteiger partial charge in [0.15, 0.2) is 6.61 Å². The number of carbonyl (C=O) groups excluding carboxylic acids is 2. The van der Waals surface area contributed by atoms with Crippen molar-refractivity contribution >= 4 is 23.6 Å². The highest BCUT2D eigenvalue weighted by atomic mass is 16.5. The number of ether oxygens (including phenoxy) is 1. The minimum Gasteiger partial charge on any atom is -0.456 e. The highest BCUT2D eigenvalue weighted by molar-refractivity contribution is 5.80. The molecule has 1 amide bonds. The number of hydrogen-bond donors (Lipinski definition) is 2. The van der Waals surface area contributed by atoms with Crippen molar-refractivity contribution in [1.29, 1.82) is 0 Å². The summed E-state index contributed by atoms with van der Waals surface area (Å²) >= 11 is 0. The minimum absolute atomic E-state index is 0.157. The van der Waals surface area contributed by atoms with Crippen LogP contribution in [0.5, 0.6) is 0 Å². The standard InChI is InChI=1S/C19H28N6O3/c1-11-6-4-5-7-15(11)22-16(26)10-28-17(27)9-8-14-12(2)21-19-23-18(20)24-25(19)13(14)3/h11,15H,4-10H2,1-3H3,(H2,20,24)(H,22,26)/t11-,15-/m0/s1. The van der Waals surface area contributed by atoms with E-state index >= 15 is 0 Å². The summed E-state index contributed by atoms with van der Waals surface area (Å²) in [6.45, 7) is 5.65. The van der Waals surface area contributed by atoms with Crippen LogP contribution in [0, 0.1) is 19.8 Å². The summed E-state index contributed by atoms with van der Waals surface area (Å²) in [4.78, 5) is 32.6. The third-order valence-corrected chi connectivity index (χ3v) is 5.47. The van der Waals surface area contributed by atoms with Crippen LogP contribution in [-0.2, 0) is 20.7 Å². The van der Waals surface area contributed by atoms with Gasteiger partial charge in [0, 0.05) is 23.9 Å². The monoisotopic (exact) mass is 388 g/mol. The number of hydrogen-bond acceptors (Lipinski definition) is 7. The van der Waals surface area contributed by atoms with Gasteiger partial charge in [0.05, 0.1) is 0 Å². The number of carbonyl (C=O) groups is 2. The van der Waals surface area contributed by atoms with Crippen LogP contribution < -0.4 is 11.1 Å². The van der Waals surface area contributed by atoms with Gasteiger partial charge in [-0.2, -0.15) is 9.50 Å². The lowest BCUT2D eigenvalue weighted by Crippen LogP contribution is -2.42. The van der Waals surface area contributed by atoms with Crippen LogP contribution in [0.3, 0.4) is 0 Å². The zero-order chi connectivity index (χ0) is 20.3. The van der Waals surface area contributed by atoms with Gasteiger partial charge in [-0.3, -0.25) is 9.59 Å². The van der Waals surface area contributed by atoms with E-state index in [0.29, 0.717) is 18.1 Å². The lowest BCUT2D eigenvalue weighted by molar-refractivity contribution is -0.148. The van der Waals surface area contributed by atoms with E-state index in [4.69, 9.17) is 10.5 Å². The fraction of sp³-hybridized carbons (Fsp3) is 0.632. The first-order chi connectivity index (χ1) is 13.3. The number of nitrogens with zero attached hydrogens (tertiary/aromatic N) is 4. The van der Waals surface area contributed by atoms with Crippen molar-refractivity contribution in [2.24, 2.45) is 5.92 Å². The van der Waals surface area contributed by atoms with E-state index in [9.17, 15) is 9.59 Å². The van der Waals surface area contributed by atoms with Gasteiger partial charge in [0.1, 0.15) is 0 Å². The molecule has 1 fully saturated rings. The number of anilines is 1. The van der Waals surface area contributed by atoms with Crippen LogP contribution in [-0.4, -0.2) is 44.1 Å². The van der Waals surface area contributed by atoms with E-state index in [1.165, 1.54) is 6.42 Å². The normalized spacial score (nSPS) is 19.5. The summed E-state index contributed by atoms with van der Waals surface area (Å²) in [6.07, 6.45) is 5.06. The molecule has 1 aliphatic rings. The Balaban J connectivity index is 1.50. The molecule has 0 saturated heterocycles. The first-order valence-electron chi connectivity index (χ1n) is 9.78. The van der Waals surface area contributed by atoms with Crippen LogP contribution in [0.1, 0.15) is 56.0 Å². The summed E-state index contributed by atoms with van der Waals surface area (Å²) in [5, 5.41) is 7.10. The molecule has 9 heteroatoms. The average molecular weight is 388 g/mol. The van der Waals surface area contributed by atoms with Gasteiger partial charge in [-0.15, -0.1) is 5.10 Å². The Kier molecular flexibility index (Phi) is 6.11. The zero-order valence-corrected chi connectivity index (χ0v) is 16.7. The van der Waals surface area contributed by atoms with Gasteiger partial charge in [0.2, 0.25) is 5.95 Å². The fourth-order valence-corrected chi connectivity index (χ4v) is 3.81. The Morgan fingerprint density at radius 3 is 2.75 bits per heavy atom. The summed E-state index contributed by atoms with van der Waals surface area (Å²) in [5.41, 5.74) is 8.14. The number of amides is 1. The van der Waals surface area contributed by atoms with Crippen LogP contribution in [0.15, 0.2) is 0 Å². The first kappa shape index (κ1) is 20.0. The smallest absolute Gasteiger partial charge is 0.306 e. The summed E-state index contributed by atoms with van der Waals surface area (Å²) in [6, 6.07) is 0.179. The highest BCUT2D eigenvalue weighted by Crippen LogP contribution is 2.23. The van der Waals surface area contributed by atoms with E-state index in [1.807, 2.05) is 13.8 Å². The fourth-order valence-electron chi connectivity index (χ4n) is 3.81. The number of esters is 1. The molecule has 0 spiro atoms. The van der Waals surface area contributed by atoms with E-state index in [1.54, 1.807) is 4.52 Å². The third-order valence-electron chi connectivity index (χ3n) is 5.47. The maximum absolute atomic E-state index is 12.1. The van der Waals surface area contributed by atoms with Crippen molar-refractivity contribution in [3.8, 4) is 0 Å². The zero-order valence-electron chi connectivity index (χ0n) is 16.7.